The summed E-state index contributed by atoms with van der Waals surface area (Å²) in [6.45, 7) is 7.74. The zero-order valence-corrected chi connectivity index (χ0v) is 15.4. The molecule has 0 aliphatic carbocycles. The molecule has 3 rings (SSSR count). The van der Waals surface area contributed by atoms with E-state index in [4.69, 9.17) is 0 Å². The fraction of sp³-hybridized carbons (Fsp3) is 0.619. The van der Waals surface area contributed by atoms with Crippen molar-refractivity contribution in [3.8, 4) is 0 Å². The molecule has 1 aromatic rings. The van der Waals surface area contributed by atoms with Crippen LogP contribution in [0.2, 0.25) is 0 Å². The number of benzene rings is 1. The quantitative estimate of drug-likeness (QED) is 0.586. The molecule has 132 valence electrons. The summed E-state index contributed by atoms with van der Waals surface area (Å²) >= 11 is 0. The fourth-order valence-electron chi connectivity index (χ4n) is 4.04. The molecule has 3 nitrogen and oxygen atoms in total. The Balaban J connectivity index is 1.45. The van der Waals surface area contributed by atoms with Crippen LogP contribution in [0.25, 0.3) is 0 Å². The Labute approximate surface area is 147 Å². The Morgan fingerprint density at radius 2 is 2.12 bits per heavy atom. The lowest BCUT2D eigenvalue weighted by Gasteiger charge is -2.46. The smallest absolute Gasteiger partial charge is 0.115 e. The maximum Gasteiger partial charge on any atom is 0.115 e. The predicted molar refractivity (Wildman–Crippen MR) is 102 cm³/mol. The molecular weight excluding hydrogens is 294 g/mol. The summed E-state index contributed by atoms with van der Waals surface area (Å²) in [6.07, 6.45) is 10.2. The van der Waals surface area contributed by atoms with Gasteiger partial charge in [-0.25, -0.2) is 0 Å². The average Bonchev–Trinajstić information content (AvgIpc) is 2.60. The van der Waals surface area contributed by atoms with Crippen LogP contribution in [0, 0.1) is 0 Å². The molecule has 2 aliphatic rings. The lowest BCUT2D eigenvalue weighted by Crippen LogP contribution is -2.61. The fourth-order valence-corrected chi connectivity index (χ4v) is 4.04. The van der Waals surface area contributed by atoms with Gasteiger partial charge in [-0.2, -0.15) is 0 Å². The Bertz CT molecular complexity index is 548. The van der Waals surface area contributed by atoms with Gasteiger partial charge in [0.1, 0.15) is 6.29 Å². The largest absolute Gasteiger partial charge is 0.289 e. The molecule has 0 saturated carbocycles. The molecule has 1 saturated heterocycles. The van der Waals surface area contributed by atoms with Crippen LogP contribution in [0.1, 0.15) is 63.1 Å². The van der Waals surface area contributed by atoms with Gasteiger partial charge < -0.3 is 0 Å². The van der Waals surface area contributed by atoms with Crippen molar-refractivity contribution in [1.29, 1.82) is 0 Å². The number of hydrogen-bond donors (Lipinski definition) is 2. The van der Waals surface area contributed by atoms with Gasteiger partial charge in [0.05, 0.1) is 0 Å². The highest BCUT2D eigenvalue weighted by Gasteiger charge is 2.34. The second kappa shape index (κ2) is 8.80. The van der Waals surface area contributed by atoms with Gasteiger partial charge in [-0.05, 0) is 70.2 Å². The van der Waals surface area contributed by atoms with Crippen LogP contribution >= 0.6 is 0 Å². The highest BCUT2D eigenvalue weighted by atomic mass is 15.4. The number of hydrogen-bond acceptors (Lipinski definition) is 3. The van der Waals surface area contributed by atoms with Crippen LogP contribution < -0.4 is 10.6 Å². The molecule has 0 spiro atoms. The van der Waals surface area contributed by atoms with Gasteiger partial charge >= 0.3 is 0 Å². The van der Waals surface area contributed by atoms with Crippen molar-refractivity contribution >= 4 is 0 Å². The number of nitrogens with one attached hydrogen (secondary N) is 2. The van der Waals surface area contributed by atoms with Crippen molar-refractivity contribution < 1.29 is 0 Å². The SMILES string of the molecule is CC(C)=CCCCCCNC1NCCC2c3ccccc3CCN12. The minimum atomic E-state index is 0.342. The van der Waals surface area contributed by atoms with E-state index in [-0.39, 0.29) is 0 Å². The average molecular weight is 328 g/mol. The predicted octanol–water partition coefficient (Wildman–Crippen LogP) is 3.98. The number of nitrogens with zero attached hydrogens (tertiary/aromatic N) is 1. The molecule has 0 radical (unpaired) electrons. The number of rotatable bonds is 7. The monoisotopic (exact) mass is 327 g/mol. The molecule has 0 bridgehead atoms. The van der Waals surface area contributed by atoms with E-state index < -0.39 is 0 Å². The van der Waals surface area contributed by atoms with Crippen LogP contribution in [-0.4, -0.2) is 30.8 Å². The van der Waals surface area contributed by atoms with Gasteiger partial charge in [0.2, 0.25) is 0 Å². The van der Waals surface area contributed by atoms with E-state index in [9.17, 15) is 0 Å². The van der Waals surface area contributed by atoms with Crippen LogP contribution in [0.3, 0.4) is 0 Å². The van der Waals surface area contributed by atoms with E-state index in [0.717, 1.165) is 19.6 Å². The third-order valence-electron chi connectivity index (χ3n) is 5.31. The highest BCUT2D eigenvalue weighted by molar-refractivity contribution is 5.33. The molecule has 1 fully saturated rings. The van der Waals surface area contributed by atoms with Crippen molar-refractivity contribution in [3.63, 3.8) is 0 Å². The van der Waals surface area contributed by atoms with Crippen LogP contribution in [0.5, 0.6) is 0 Å². The summed E-state index contributed by atoms with van der Waals surface area (Å²) in [5.74, 6) is 0. The summed E-state index contributed by atoms with van der Waals surface area (Å²) in [5, 5.41) is 7.42. The van der Waals surface area contributed by atoms with Gasteiger partial charge in [-0.1, -0.05) is 42.3 Å². The molecular formula is C21H33N3. The Kier molecular flexibility index (Phi) is 6.47. The molecule has 0 aromatic heterocycles. The van der Waals surface area contributed by atoms with Gasteiger partial charge in [0.25, 0.3) is 0 Å². The minimum Gasteiger partial charge on any atom is -0.289 e. The van der Waals surface area contributed by atoms with Crippen molar-refractivity contribution in [2.45, 2.75) is 64.7 Å². The highest BCUT2D eigenvalue weighted by Crippen LogP contribution is 2.34. The molecule has 2 aliphatic heterocycles. The maximum atomic E-state index is 3.75. The van der Waals surface area contributed by atoms with Gasteiger partial charge in [0, 0.05) is 12.6 Å². The first kappa shape index (κ1) is 17.7. The molecule has 2 unspecified atom stereocenters. The van der Waals surface area contributed by atoms with E-state index in [2.05, 4.69) is 59.7 Å². The van der Waals surface area contributed by atoms with E-state index in [1.54, 1.807) is 11.1 Å². The first-order valence-corrected chi connectivity index (χ1v) is 9.69. The molecule has 0 amide bonds. The summed E-state index contributed by atoms with van der Waals surface area (Å²) in [4.78, 5) is 2.63. The molecule has 2 heterocycles. The maximum absolute atomic E-state index is 3.75. The Morgan fingerprint density at radius 3 is 3.00 bits per heavy atom. The second-order valence-corrected chi connectivity index (χ2v) is 7.43. The molecule has 24 heavy (non-hydrogen) atoms. The van der Waals surface area contributed by atoms with Crippen molar-refractivity contribution in [2.75, 3.05) is 19.6 Å². The second-order valence-electron chi connectivity index (χ2n) is 7.43. The zero-order chi connectivity index (χ0) is 16.8. The summed E-state index contributed by atoms with van der Waals surface area (Å²) in [5.41, 5.74) is 4.55. The normalized spacial score (nSPS) is 23.4. The molecule has 1 aromatic carbocycles. The van der Waals surface area contributed by atoms with E-state index in [1.165, 1.54) is 44.1 Å². The number of fused-ring (bicyclic) bond motifs is 3. The van der Waals surface area contributed by atoms with Gasteiger partial charge in [-0.3, -0.25) is 15.5 Å². The third-order valence-corrected chi connectivity index (χ3v) is 5.31. The van der Waals surface area contributed by atoms with Crippen LogP contribution in [-0.2, 0) is 6.42 Å². The van der Waals surface area contributed by atoms with E-state index in [1.807, 2.05) is 0 Å². The first-order chi connectivity index (χ1) is 11.8. The number of unbranched alkanes of at least 4 members (excludes halogenated alkanes) is 3. The standard InChI is InChI=1S/C21H33N3/c1-17(2)9-5-3-4-8-14-22-21-23-15-12-20-19-11-7-6-10-18(19)13-16-24(20)21/h6-7,9-11,20-23H,3-5,8,12-16H2,1-2H3. The van der Waals surface area contributed by atoms with Crippen molar-refractivity contribution in [2.24, 2.45) is 0 Å². The Hall–Kier alpha value is -1.16. The van der Waals surface area contributed by atoms with Crippen LogP contribution in [0.4, 0.5) is 0 Å². The molecule has 2 N–H and O–H groups in total. The summed E-state index contributed by atoms with van der Waals surface area (Å²) in [6, 6.07) is 9.60. The summed E-state index contributed by atoms with van der Waals surface area (Å²) < 4.78 is 0. The van der Waals surface area contributed by atoms with Crippen LogP contribution in [0.15, 0.2) is 35.9 Å². The van der Waals surface area contributed by atoms with Crippen molar-refractivity contribution in [3.05, 3.63) is 47.0 Å². The van der Waals surface area contributed by atoms with E-state index >= 15 is 0 Å². The first-order valence-electron chi connectivity index (χ1n) is 9.69. The summed E-state index contributed by atoms with van der Waals surface area (Å²) in [7, 11) is 0. The topological polar surface area (TPSA) is 27.3 Å². The van der Waals surface area contributed by atoms with Gasteiger partial charge in [0.15, 0.2) is 0 Å². The van der Waals surface area contributed by atoms with Gasteiger partial charge in [-0.15, -0.1) is 0 Å². The van der Waals surface area contributed by atoms with Crippen molar-refractivity contribution in [1.82, 2.24) is 15.5 Å². The van der Waals surface area contributed by atoms with E-state index in [0.29, 0.717) is 12.3 Å². The number of allylic oxidation sites excluding steroid dienone is 2. The molecule has 2 atom stereocenters. The zero-order valence-electron chi connectivity index (χ0n) is 15.4. The molecule has 3 heteroatoms. The lowest BCUT2D eigenvalue weighted by molar-refractivity contribution is 0.0407. The lowest BCUT2D eigenvalue weighted by atomic mass is 9.89. The Morgan fingerprint density at radius 1 is 1.25 bits per heavy atom. The minimum absolute atomic E-state index is 0.342. The third kappa shape index (κ3) is 4.47.